The molecule has 1 aromatic rings. The number of hydrogen-bond acceptors (Lipinski definition) is 5. The highest BCUT2D eigenvalue weighted by atomic mass is 35.5. The van der Waals surface area contributed by atoms with Gasteiger partial charge in [-0.3, -0.25) is 19.4 Å². The van der Waals surface area contributed by atoms with Crippen molar-refractivity contribution >= 4 is 33.4 Å². The third kappa shape index (κ3) is 4.27. The highest BCUT2D eigenvalue weighted by Crippen LogP contribution is 2.38. The molecule has 0 unspecified atom stereocenters. The van der Waals surface area contributed by atoms with E-state index in [2.05, 4.69) is 0 Å². The second kappa shape index (κ2) is 8.58. The number of sulfonamides is 1. The Balaban J connectivity index is 1.43. The van der Waals surface area contributed by atoms with Gasteiger partial charge in [-0.05, 0) is 31.0 Å². The number of piperazine rings is 1. The van der Waals surface area contributed by atoms with E-state index in [9.17, 15) is 31.2 Å². The van der Waals surface area contributed by atoms with Crippen LogP contribution in [0.1, 0.15) is 31.2 Å². The summed E-state index contributed by atoms with van der Waals surface area (Å²) in [6.45, 7) is 0.600. The molecule has 2 atom stereocenters. The first kappa shape index (κ1) is 23.5. The van der Waals surface area contributed by atoms with Gasteiger partial charge in [0.05, 0.1) is 29.1 Å². The molecule has 0 N–H and O–H groups in total. The zero-order valence-corrected chi connectivity index (χ0v) is 18.7. The fourth-order valence-electron chi connectivity index (χ4n) is 4.70. The number of amides is 2. The lowest BCUT2D eigenvalue weighted by atomic mass is 9.81. The van der Waals surface area contributed by atoms with Gasteiger partial charge in [0.2, 0.25) is 21.8 Å². The van der Waals surface area contributed by atoms with Crippen LogP contribution in [-0.2, 0) is 25.8 Å². The van der Waals surface area contributed by atoms with Gasteiger partial charge < -0.3 is 0 Å². The molecule has 0 radical (unpaired) electrons. The molecular formula is C20H23ClF3N3O4S. The summed E-state index contributed by atoms with van der Waals surface area (Å²) in [6, 6.07) is 2.21. The molecule has 3 aliphatic rings. The van der Waals surface area contributed by atoms with Gasteiger partial charge in [0, 0.05) is 26.2 Å². The van der Waals surface area contributed by atoms with Crippen LogP contribution in [0, 0.1) is 11.8 Å². The van der Waals surface area contributed by atoms with Crippen LogP contribution in [0.3, 0.4) is 0 Å². The van der Waals surface area contributed by atoms with E-state index in [0.717, 1.165) is 42.1 Å². The first-order valence-corrected chi connectivity index (χ1v) is 12.3. The van der Waals surface area contributed by atoms with Gasteiger partial charge >= 0.3 is 6.18 Å². The molecule has 176 valence electrons. The topological polar surface area (TPSA) is 78.0 Å². The van der Waals surface area contributed by atoms with Gasteiger partial charge in [0.25, 0.3) is 0 Å². The second-order valence-electron chi connectivity index (χ2n) is 8.41. The molecule has 2 amide bonds. The zero-order valence-electron chi connectivity index (χ0n) is 17.1. The number of hydrogen-bond donors (Lipinski definition) is 0. The highest BCUT2D eigenvalue weighted by molar-refractivity contribution is 7.89. The molecule has 2 aliphatic heterocycles. The first-order valence-electron chi connectivity index (χ1n) is 10.4. The minimum absolute atomic E-state index is 0.0119. The number of benzene rings is 1. The quantitative estimate of drug-likeness (QED) is 0.603. The summed E-state index contributed by atoms with van der Waals surface area (Å²) >= 11 is 5.92. The molecule has 0 bridgehead atoms. The molecule has 4 rings (SSSR count). The summed E-state index contributed by atoms with van der Waals surface area (Å²) < 4.78 is 66.1. The normalized spacial score (nSPS) is 25.9. The van der Waals surface area contributed by atoms with Crippen molar-refractivity contribution in [3.63, 3.8) is 0 Å². The van der Waals surface area contributed by atoms with Crippen LogP contribution in [0.25, 0.3) is 0 Å². The van der Waals surface area contributed by atoms with E-state index in [0.29, 0.717) is 6.07 Å². The average molecular weight is 494 g/mol. The Morgan fingerprint density at radius 3 is 2.06 bits per heavy atom. The maximum Gasteiger partial charge on any atom is 0.416 e. The Labute approximate surface area is 189 Å². The SMILES string of the molecule is O=C1[C@H]2CCCC[C@@H]2C(=O)N1CN1CCN(S(=O)(=O)c2cc(C(F)(F)F)ccc2Cl)CC1. The van der Waals surface area contributed by atoms with E-state index in [1.54, 1.807) is 0 Å². The van der Waals surface area contributed by atoms with Gasteiger partial charge in [-0.15, -0.1) is 0 Å². The maximum atomic E-state index is 13.0. The molecule has 7 nitrogen and oxygen atoms in total. The van der Waals surface area contributed by atoms with Crippen molar-refractivity contribution in [2.24, 2.45) is 11.8 Å². The lowest BCUT2D eigenvalue weighted by molar-refractivity contribution is -0.143. The number of nitrogens with zero attached hydrogens (tertiary/aromatic N) is 3. The zero-order chi connectivity index (χ0) is 23.3. The number of rotatable bonds is 4. The second-order valence-corrected chi connectivity index (χ2v) is 10.7. The average Bonchev–Trinajstić information content (AvgIpc) is 2.98. The summed E-state index contributed by atoms with van der Waals surface area (Å²) in [7, 11) is -4.24. The molecule has 1 aromatic carbocycles. The van der Waals surface area contributed by atoms with E-state index < -0.39 is 26.7 Å². The van der Waals surface area contributed by atoms with Crippen LogP contribution < -0.4 is 0 Å². The number of imide groups is 1. The molecule has 32 heavy (non-hydrogen) atoms. The Bertz CT molecular complexity index is 1000. The number of carbonyl (C=O) groups excluding carboxylic acids is 2. The minimum atomic E-state index is -4.69. The van der Waals surface area contributed by atoms with Gasteiger partial charge in [-0.1, -0.05) is 24.4 Å². The lowest BCUT2D eigenvalue weighted by Crippen LogP contribution is -2.52. The van der Waals surface area contributed by atoms with E-state index in [4.69, 9.17) is 11.6 Å². The predicted molar refractivity (Wildman–Crippen MR) is 109 cm³/mol. The van der Waals surface area contributed by atoms with Gasteiger partial charge in [0.15, 0.2) is 0 Å². The highest BCUT2D eigenvalue weighted by Gasteiger charge is 2.48. The molecule has 1 aliphatic carbocycles. The van der Waals surface area contributed by atoms with Crippen molar-refractivity contribution in [3.8, 4) is 0 Å². The Kier molecular flexibility index (Phi) is 6.30. The number of carbonyl (C=O) groups is 2. The van der Waals surface area contributed by atoms with Crippen LogP contribution in [-0.4, -0.2) is 67.2 Å². The minimum Gasteiger partial charge on any atom is -0.283 e. The van der Waals surface area contributed by atoms with Crippen LogP contribution >= 0.6 is 11.6 Å². The van der Waals surface area contributed by atoms with E-state index in [1.807, 2.05) is 4.90 Å². The van der Waals surface area contributed by atoms with Crippen LogP contribution in [0.2, 0.25) is 5.02 Å². The summed E-state index contributed by atoms with van der Waals surface area (Å²) in [6.07, 6.45) is -1.39. The summed E-state index contributed by atoms with van der Waals surface area (Å²) in [5.74, 6) is -0.821. The van der Waals surface area contributed by atoms with Crippen LogP contribution in [0.4, 0.5) is 13.2 Å². The third-order valence-electron chi connectivity index (χ3n) is 6.48. The molecule has 0 aromatic heterocycles. The number of fused-ring (bicyclic) bond motifs is 1. The van der Waals surface area contributed by atoms with Crippen LogP contribution in [0.15, 0.2) is 23.1 Å². The molecule has 0 spiro atoms. The van der Waals surface area contributed by atoms with Crippen molar-refractivity contribution in [3.05, 3.63) is 28.8 Å². The molecule has 2 saturated heterocycles. The Morgan fingerprint density at radius 1 is 0.969 bits per heavy atom. The number of alkyl halides is 3. The third-order valence-corrected chi connectivity index (χ3v) is 8.86. The molecule has 1 saturated carbocycles. The van der Waals surface area contributed by atoms with Crippen molar-refractivity contribution in [1.29, 1.82) is 0 Å². The van der Waals surface area contributed by atoms with Crippen molar-refractivity contribution in [1.82, 2.24) is 14.1 Å². The Hall–Kier alpha value is -1.69. The van der Waals surface area contributed by atoms with Crippen molar-refractivity contribution in [2.45, 2.75) is 36.8 Å². The monoisotopic (exact) mass is 493 g/mol. The fraction of sp³-hybridized carbons (Fsp3) is 0.600. The van der Waals surface area contributed by atoms with E-state index >= 15 is 0 Å². The van der Waals surface area contributed by atoms with E-state index in [1.165, 1.54) is 4.90 Å². The smallest absolute Gasteiger partial charge is 0.283 e. The maximum absolute atomic E-state index is 13.0. The number of likely N-dealkylation sites (tertiary alicyclic amines) is 1. The van der Waals surface area contributed by atoms with Gasteiger partial charge in [-0.2, -0.15) is 17.5 Å². The Morgan fingerprint density at radius 2 is 1.53 bits per heavy atom. The van der Waals surface area contributed by atoms with Crippen molar-refractivity contribution in [2.75, 3.05) is 32.8 Å². The molecular weight excluding hydrogens is 471 g/mol. The predicted octanol–water partition coefficient (Wildman–Crippen LogP) is 2.80. The van der Waals surface area contributed by atoms with Crippen molar-refractivity contribution < 1.29 is 31.2 Å². The molecule has 2 heterocycles. The first-order chi connectivity index (χ1) is 15.0. The summed E-state index contributed by atoms with van der Waals surface area (Å²) in [4.78, 5) is 27.8. The van der Waals surface area contributed by atoms with Crippen LogP contribution in [0.5, 0.6) is 0 Å². The largest absolute Gasteiger partial charge is 0.416 e. The molecule has 12 heteroatoms. The van der Waals surface area contributed by atoms with Gasteiger partial charge in [0.1, 0.15) is 4.90 Å². The number of halogens is 4. The van der Waals surface area contributed by atoms with E-state index in [-0.39, 0.29) is 61.5 Å². The van der Waals surface area contributed by atoms with Gasteiger partial charge in [-0.25, -0.2) is 8.42 Å². The summed E-state index contributed by atoms with van der Waals surface area (Å²) in [5.41, 5.74) is -1.09. The summed E-state index contributed by atoms with van der Waals surface area (Å²) in [5, 5.41) is -0.281. The lowest BCUT2D eigenvalue weighted by Gasteiger charge is -2.35. The molecule has 3 fully saturated rings. The standard InChI is InChI=1S/C20H23ClF3N3O4S/c21-16-6-5-13(20(22,23)24)11-17(16)32(30,31)26-9-7-25(8-10-26)12-27-18(28)14-3-1-2-4-15(14)19(27)29/h5-6,11,14-15H,1-4,7-10,12H2/t14-,15-/m0/s1. The fourth-order valence-corrected chi connectivity index (χ4v) is 6.62.